The maximum atomic E-state index is 13.6. The number of nitrogens with one attached hydrogen (secondary N) is 1. The molecule has 3 rings (SSSR count). The van der Waals surface area contributed by atoms with Crippen molar-refractivity contribution in [1.29, 1.82) is 0 Å². The second-order valence-corrected chi connectivity index (χ2v) is 9.57. The van der Waals surface area contributed by atoms with Gasteiger partial charge in [-0.25, -0.2) is 0 Å². The van der Waals surface area contributed by atoms with Crippen molar-refractivity contribution in [2.45, 2.75) is 38.9 Å². The summed E-state index contributed by atoms with van der Waals surface area (Å²) in [6.07, 6.45) is -3.71. The van der Waals surface area contributed by atoms with Gasteiger partial charge >= 0.3 is 6.18 Å². The molecule has 34 heavy (non-hydrogen) atoms. The number of ether oxygens (including phenoxy) is 1. The van der Waals surface area contributed by atoms with Gasteiger partial charge in [0.1, 0.15) is 0 Å². The molecule has 2 aromatic rings. The zero-order valence-corrected chi connectivity index (χ0v) is 21.1. The molecular weight excluding hydrogens is 483 g/mol. The number of morpholine rings is 1. The third kappa shape index (κ3) is 7.83. The molecule has 1 aliphatic rings. The van der Waals surface area contributed by atoms with Crippen LogP contribution in [-0.4, -0.2) is 54.3 Å². The predicted octanol–water partition coefficient (Wildman–Crippen LogP) is 6.40. The molecule has 9 heteroatoms. The van der Waals surface area contributed by atoms with E-state index in [9.17, 15) is 13.2 Å². The first-order valence-corrected chi connectivity index (χ1v) is 12.2. The van der Waals surface area contributed by atoms with Crippen molar-refractivity contribution in [3.8, 4) is 0 Å². The fourth-order valence-electron chi connectivity index (χ4n) is 3.84. The number of thiocarbonyl (C=S) groups is 1. The molecule has 0 unspecified atom stereocenters. The summed E-state index contributed by atoms with van der Waals surface area (Å²) in [5.41, 5.74) is 1.35. The third-order valence-electron chi connectivity index (χ3n) is 5.84. The zero-order chi connectivity index (χ0) is 24.7. The van der Waals surface area contributed by atoms with Crippen LogP contribution in [0.25, 0.3) is 0 Å². The molecule has 1 aliphatic heterocycles. The topological polar surface area (TPSA) is 27.7 Å². The summed E-state index contributed by atoms with van der Waals surface area (Å²) in [5.74, 6) is 0.423. The third-order valence-corrected chi connectivity index (χ3v) is 6.44. The molecule has 1 fully saturated rings. The van der Waals surface area contributed by atoms with Crippen LogP contribution in [0.15, 0.2) is 42.5 Å². The Kier molecular flexibility index (Phi) is 9.59. The van der Waals surface area contributed by atoms with E-state index in [1.807, 2.05) is 4.90 Å². The van der Waals surface area contributed by atoms with Crippen molar-refractivity contribution in [2.75, 3.05) is 44.7 Å². The first kappa shape index (κ1) is 26.7. The molecule has 0 atom stereocenters. The molecular formula is C25H31ClF3N3OS. The van der Waals surface area contributed by atoms with Crippen molar-refractivity contribution in [1.82, 2.24) is 9.80 Å². The van der Waals surface area contributed by atoms with Crippen LogP contribution in [-0.2, 0) is 17.5 Å². The van der Waals surface area contributed by atoms with Gasteiger partial charge in [0.25, 0.3) is 0 Å². The highest BCUT2D eigenvalue weighted by Crippen LogP contribution is 2.36. The maximum Gasteiger partial charge on any atom is 0.418 e. The number of rotatable bonds is 8. The van der Waals surface area contributed by atoms with Gasteiger partial charge in [0.2, 0.25) is 0 Å². The SMILES string of the molecule is CC(C)c1ccc(CN(CCCN2CCOCC2)C(=S)Nc2ccc(Cl)cc2C(F)(F)F)cc1. The Labute approximate surface area is 210 Å². The Morgan fingerprint density at radius 3 is 2.44 bits per heavy atom. The first-order valence-electron chi connectivity index (χ1n) is 11.4. The van der Waals surface area contributed by atoms with Gasteiger partial charge < -0.3 is 15.0 Å². The van der Waals surface area contributed by atoms with Crippen molar-refractivity contribution in [2.24, 2.45) is 0 Å². The van der Waals surface area contributed by atoms with E-state index in [1.165, 1.54) is 17.7 Å². The number of hydrogen-bond acceptors (Lipinski definition) is 3. The standard InChI is InChI=1S/C25H31ClF3N3OS/c1-18(2)20-6-4-19(5-7-20)17-32(11-3-10-31-12-14-33-15-13-31)24(34)30-23-9-8-21(26)16-22(23)25(27,28)29/h4-9,16,18H,3,10-15,17H2,1-2H3,(H,30,34). The van der Waals surface area contributed by atoms with E-state index in [0.29, 0.717) is 19.0 Å². The van der Waals surface area contributed by atoms with Gasteiger partial charge in [-0.05, 0) is 53.9 Å². The molecule has 0 aromatic heterocycles. The summed E-state index contributed by atoms with van der Waals surface area (Å²) in [6.45, 7) is 9.49. The Balaban J connectivity index is 1.74. The Hall–Kier alpha value is -1.87. The first-order chi connectivity index (χ1) is 16.1. The number of halogens is 4. The predicted molar refractivity (Wildman–Crippen MR) is 135 cm³/mol. The number of anilines is 1. The smallest absolute Gasteiger partial charge is 0.379 e. The Bertz CT molecular complexity index is 947. The highest BCUT2D eigenvalue weighted by atomic mass is 35.5. The van der Waals surface area contributed by atoms with Crippen LogP contribution in [0.3, 0.4) is 0 Å². The van der Waals surface area contributed by atoms with E-state index in [4.69, 9.17) is 28.6 Å². The van der Waals surface area contributed by atoms with Crippen LogP contribution in [0, 0.1) is 0 Å². The highest BCUT2D eigenvalue weighted by molar-refractivity contribution is 7.80. The summed E-state index contributed by atoms with van der Waals surface area (Å²) in [6, 6.07) is 11.9. The second kappa shape index (κ2) is 12.2. The molecule has 0 radical (unpaired) electrons. The molecule has 0 aliphatic carbocycles. The van der Waals surface area contributed by atoms with Gasteiger partial charge in [-0.3, -0.25) is 4.90 Å². The summed E-state index contributed by atoms with van der Waals surface area (Å²) < 4.78 is 46.1. The summed E-state index contributed by atoms with van der Waals surface area (Å²) in [5, 5.41) is 3.10. The summed E-state index contributed by atoms with van der Waals surface area (Å²) in [7, 11) is 0. The molecule has 1 saturated heterocycles. The largest absolute Gasteiger partial charge is 0.418 e. The molecule has 186 valence electrons. The van der Waals surface area contributed by atoms with E-state index < -0.39 is 11.7 Å². The number of hydrogen-bond donors (Lipinski definition) is 1. The van der Waals surface area contributed by atoms with Gasteiger partial charge in [-0.2, -0.15) is 13.2 Å². The Morgan fingerprint density at radius 1 is 1.15 bits per heavy atom. The molecule has 1 N–H and O–H groups in total. The van der Waals surface area contributed by atoms with Crippen molar-refractivity contribution in [3.63, 3.8) is 0 Å². The number of alkyl halides is 3. The van der Waals surface area contributed by atoms with Gasteiger partial charge in [0.15, 0.2) is 5.11 Å². The van der Waals surface area contributed by atoms with Gasteiger partial charge in [-0.1, -0.05) is 49.7 Å². The van der Waals surface area contributed by atoms with Crippen LogP contribution in [0.4, 0.5) is 18.9 Å². The molecule has 0 spiro atoms. The van der Waals surface area contributed by atoms with E-state index >= 15 is 0 Å². The van der Waals surface area contributed by atoms with Crippen LogP contribution in [0.1, 0.15) is 42.9 Å². The van der Waals surface area contributed by atoms with E-state index in [1.54, 1.807) is 0 Å². The minimum absolute atomic E-state index is 0.0244. The lowest BCUT2D eigenvalue weighted by atomic mass is 10.0. The van der Waals surface area contributed by atoms with E-state index in [0.717, 1.165) is 50.9 Å². The van der Waals surface area contributed by atoms with Crippen LogP contribution in [0.2, 0.25) is 5.02 Å². The molecule has 1 heterocycles. The van der Waals surface area contributed by atoms with Crippen molar-refractivity contribution in [3.05, 3.63) is 64.2 Å². The number of benzene rings is 2. The maximum absolute atomic E-state index is 13.6. The minimum atomic E-state index is -4.54. The van der Waals surface area contributed by atoms with Gasteiger partial charge in [-0.15, -0.1) is 0 Å². The second-order valence-electron chi connectivity index (χ2n) is 8.74. The normalized spacial score (nSPS) is 14.9. The zero-order valence-electron chi connectivity index (χ0n) is 19.5. The molecule has 4 nitrogen and oxygen atoms in total. The molecule has 2 aromatic carbocycles. The van der Waals surface area contributed by atoms with Crippen LogP contribution in [0.5, 0.6) is 0 Å². The number of nitrogens with zero attached hydrogens (tertiary/aromatic N) is 2. The fraction of sp³-hybridized carbons (Fsp3) is 0.480. The average Bonchev–Trinajstić information content (AvgIpc) is 2.80. The van der Waals surface area contributed by atoms with Crippen LogP contribution < -0.4 is 5.32 Å². The lowest BCUT2D eigenvalue weighted by molar-refractivity contribution is -0.136. The van der Waals surface area contributed by atoms with Gasteiger partial charge in [0.05, 0.1) is 24.5 Å². The molecule has 0 bridgehead atoms. The van der Waals surface area contributed by atoms with Crippen molar-refractivity contribution < 1.29 is 17.9 Å². The van der Waals surface area contributed by atoms with Crippen molar-refractivity contribution >= 4 is 34.6 Å². The average molecular weight is 514 g/mol. The monoisotopic (exact) mass is 513 g/mol. The highest BCUT2D eigenvalue weighted by Gasteiger charge is 2.34. The van der Waals surface area contributed by atoms with E-state index in [-0.39, 0.29) is 15.8 Å². The molecule has 0 saturated carbocycles. The Morgan fingerprint density at radius 2 is 1.82 bits per heavy atom. The summed E-state index contributed by atoms with van der Waals surface area (Å²) >= 11 is 11.4. The lowest BCUT2D eigenvalue weighted by Gasteiger charge is -2.30. The lowest BCUT2D eigenvalue weighted by Crippen LogP contribution is -2.40. The van der Waals surface area contributed by atoms with Crippen LogP contribution >= 0.6 is 23.8 Å². The minimum Gasteiger partial charge on any atom is -0.379 e. The summed E-state index contributed by atoms with van der Waals surface area (Å²) in [4.78, 5) is 4.26. The molecule has 0 amide bonds. The van der Waals surface area contributed by atoms with Gasteiger partial charge in [0, 0.05) is 37.7 Å². The fourth-order valence-corrected chi connectivity index (χ4v) is 4.28. The van der Waals surface area contributed by atoms with E-state index in [2.05, 4.69) is 48.3 Å². The quantitative estimate of drug-likeness (QED) is 0.412.